The predicted octanol–water partition coefficient (Wildman–Crippen LogP) is 5.87. The Bertz CT molecular complexity index is 1190. The normalized spacial score (nSPS) is 12.3. The van der Waals surface area contributed by atoms with Gasteiger partial charge in [0.05, 0.1) is 9.79 Å². The summed E-state index contributed by atoms with van der Waals surface area (Å²) in [6.45, 7) is 1.74. The highest BCUT2D eigenvalue weighted by atomic mass is 79.9. The summed E-state index contributed by atoms with van der Waals surface area (Å²) in [5.74, 6) is -1.09. The number of carbonyl (C=O) groups is 1. The second kappa shape index (κ2) is 9.80. The maximum atomic E-state index is 14.0. The summed E-state index contributed by atoms with van der Waals surface area (Å²) in [6.07, 6.45) is -0.613. The number of amides is 1. The molecule has 3 aromatic rings. The van der Waals surface area contributed by atoms with Crippen molar-refractivity contribution >= 4 is 49.0 Å². The van der Waals surface area contributed by atoms with E-state index >= 15 is 0 Å². The van der Waals surface area contributed by atoms with Gasteiger partial charge in [0.15, 0.2) is 17.7 Å². The molecular formula is C22H18BrClFNO4S. The molecule has 0 radical (unpaired) electrons. The molecule has 0 heterocycles. The first-order chi connectivity index (χ1) is 14.7. The van der Waals surface area contributed by atoms with Crippen molar-refractivity contribution in [2.45, 2.75) is 29.2 Å². The molecule has 9 heteroatoms. The first-order valence-electron chi connectivity index (χ1n) is 9.24. The smallest absolute Gasteiger partial charge is 0.265 e. The van der Waals surface area contributed by atoms with Crippen molar-refractivity contribution in [1.29, 1.82) is 0 Å². The van der Waals surface area contributed by atoms with Crippen LogP contribution in [0.1, 0.15) is 13.3 Å². The lowest BCUT2D eigenvalue weighted by Gasteiger charge is -2.18. The summed E-state index contributed by atoms with van der Waals surface area (Å²) in [7, 11) is -3.71. The van der Waals surface area contributed by atoms with E-state index in [0.717, 1.165) is 0 Å². The van der Waals surface area contributed by atoms with Crippen molar-refractivity contribution < 1.29 is 22.3 Å². The van der Waals surface area contributed by atoms with Crippen molar-refractivity contribution in [2.24, 2.45) is 0 Å². The van der Waals surface area contributed by atoms with Gasteiger partial charge in [0, 0.05) is 15.2 Å². The Hall–Kier alpha value is -2.42. The third-order valence-electron chi connectivity index (χ3n) is 4.38. The molecule has 0 aliphatic rings. The minimum Gasteiger partial charge on any atom is -0.478 e. The minimum atomic E-state index is -3.71. The van der Waals surface area contributed by atoms with Gasteiger partial charge in [-0.2, -0.15) is 0 Å². The number of ether oxygens (including phenoxy) is 1. The van der Waals surface area contributed by atoms with Crippen LogP contribution in [-0.2, 0) is 14.6 Å². The number of carbonyl (C=O) groups excluding carboxylic acids is 1. The van der Waals surface area contributed by atoms with Crippen LogP contribution in [0.25, 0.3) is 0 Å². The molecule has 0 spiro atoms. The number of hydrogen-bond donors (Lipinski definition) is 1. The highest BCUT2D eigenvalue weighted by Gasteiger charge is 2.21. The number of hydrogen-bond acceptors (Lipinski definition) is 4. The van der Waals surface area contributed by atoms with Crippen LogP contribution in [0, 0.1) is 5.82 Å². The summed E-state index contributed by atoms with van der Waals surface area (Å²) in [6, 6.07) is 15.9. The molecule has 0 fully saturated rings. The zero-order chi connectivity index (χ0) is 22.6. The zero-order valence-corrected chi connectivity index (χ0v) is 19.5. The van der Waals surface area contributed by atoms with Gasteiger partial charge in [0.1, 0.15) is 0 Å². The van der Waals surface area contributed by atoms with Crippen LogP contribution in [0.4, 0.5) is 10.1 Å². The van der Waals surface area contributed by atoms with E-state index in [2.05, 4.69) is 21.2 Å². The highest BCUT2D eigenvalue weighted by molar-refractivity contribution is 9.10. The molecule has 0 aromatic heterocycles. The van der Waals surface area contributed by atoms with Crippen LogP contribution in [-0.4, -0.2) is 20.4 Å². The molecule has 0 bridgehead atoms. The Morgan fingerprint density at radius 2 is 1.65 bits per heavy atom. The van der Waals surface area contributed by atoms with E-state index < -0.39 is 27.7 Å². The van der Waals surface area contributed by atoms with Crippen LogP contribution < -0.4 is 10.1 Å². The van der Waals surface area contributed by atoms with E-state index in [-0.39, 0.29) is 15.5 Å². The second-order valence-electron chi connectivity index (χ2n) is 6.56. The monoisotopic (exact) mass is 525 g/mol. The Morgan fingerprint density at radius 1 is 1.06 bits per heavy atom. The van der Waals surface area contributed by atoms with E-state index in [4.69, 9.17) is 16.3 Å². The third-order valence-corrected chi connectivity index (χ3v) is 6.91. The van der Waals surface area contributed by atoms with E-state index in [1.54, 1.807) is 13.0 Å². The zero-order valence-electron chi connectivity index (χ0n) is 16.3. The van der Waals surface area contributed by atoms with Gasteiger partial charge in [-0.3, -0.25) is 4.79 Å². The molecule has 0 saturated heterocycles. The molecule has 0 saturated carbocycles. The maximum absolute atomic E-state index is 14.0. The van der Waals surface area contributed by atoms with Gasteiger partial charge in [0.25, 0.3) is 5.91 Å². The lowest BCUT2D eigenvalue weighted by molar-refractivity contribution is -0.122. The molecule has 3 aromatic carbocycles. The maximum Gasteiger partial charge on any atom is 0.265 e. The SMILES string of the molecule is CCC(Oc1ccc(Br)cc1F)C(=O)Nc1ccc(S(=O)(=O)c2ccc(Cl)cc2)cc1. The Balaban J connectivity index is 1.72. The van der Waals surface area contributed by atoms with Gasteiger partial charge in [-0.1, -0.05) is 34.5 Å². The van der Waals surface area contributed by atoms with Gasteiger partial charge in [-0.25, -0.2) is 12.8 Å². The van der Waals surface area contributed by atoms with E-state index in [9.17, 15) is 17.6 Å². The molecule has 1 unspecified atom stereocenters. The van der Waals surface area contributed by atoms with Gasteiger partial charge >= 0.3 is 0 Å². The van der Waals surface area contributed by atoms with Gasteiger partial charge in [0.2, 0.25) is 9.84 Å². The Morgan fingerprint density at radius 3 is 2.19 bits per heavy atom. The van der Waals surface area contributed by atoms with Gasteiger partial charge < -0.3 is 10.1 Å². The van der Waals surface area contributed by atoms with Crippen molar-refractivity contribution in [1.82, 2.24) is 0 Å². The Labute approximate surface area is 193 Å². The molecule has 0 aliphatic heterocycles. The van der Waals surface area contributed by atoms with Crippen LogP contribution in [0.15, 0.2) is 81.0 Å². The largest absolute Gasteiger partial charge is 0.478 e. The third kappa shape index (κ3) is 5.64. The second-order valence-corrected chi connectivity index (χ2v) is 9.86. The molecule has 1 N–H and O–H groups in total. The summed E-state index contributed by atoms with van der Waals surface area (Å²) in [4.78, 5) is 12.8. The van der Waals surface area contributed by atoms with Gasteiger partial charge in [-0.05, 0) is 73.2 Å². The number of rotatable bonds is 7. The summed E-state index contributed by atoms with van der Waals surface area (Å²) >= 11 is 8.98. The van der Waals surface area contributed by atoms with Crippen LogP contribution >= 0.6 is 27.5 Å². The average Bonchev–Trinajstić information content (AvgIpc) is 2.74. The van der Waals surface area contributed by atoms with Crippen molar-refractivity contribution in [3.63, 3.8) is 0 Å². The van der Waals surface area contributed by atoms with Crippen LogP contribution in [0.5, 0.6) is 5.75 Å². The van der Waals surface area contributed by atoms with Crippen molar-refractivity contribution in [3.8, 4) is 5.75 Å². The first kappa shape index (κ1) is 23.2. The Kier molecular flexibility index (Phi) is 7.35. The number of benzene rings is 3. The number of halogens is 3. The van der Waals surface area contributed by atoms with Crippen LogP contribution in [0.3, 0.4) is 0 Å². The topological polar surface area (TPSA) is 72.5 Å². The lowest BCUT2D eigenvalue weighted by atomic mass is 10.2. The standard InChI is InChI=1S/C22H18BrClFNO4S/c1-2-20(30-21-12-3-14(23)13-19(21)25)22(27)26-16-6-10-18(11-7-16)31(28,29)17-8-4-15(24)5-9-17/h3-13,20H,2H2,1H3,(H,26,27). The molecule has 5 nitrogen and oxygen atoms in total. The molecule has 3 rings (SSSR count). The highest BCUT2D eigenvalue weighted by Crippen LogP contribution is 2.25. The number of nitrogens with one attached hydrogen (secondary N) is 1. The minimum absolute atomic E-state index is 0.0328. The fourth-order valence-corrected chi connectivity index (χ4v) is 4.46. The van der Waals surface area contributed by atoms with E-state index in [1.807, 2.05) is 0 Å². The summed E-state index contributed by atoms with van der Waals surface area (Å²) in [5, 5.41) is 3.10. The molecule has 0 aliphatic carbocycles. The number of sulfone groups is 1. The van der Waals surface area contributed by atoms with Crippen LogP contribution in [0.2, 0.25) is 5.02 Å². The van der Waals surface area contributed by atoms with E-state index in [1.165, 1.54) is 60.7 Å². The molecule has 1 atom stereocenters. The first-order valence-corrected chi connectivity index (χ1v) is 11.9. The fourth-order valence-electron chi connectivity index (χ4n) is 2.74. The summed E-state index contributed by atoms with van der Waals surface area (Å²) in [5.41, 5.74) is 0.387. The molecule has 162 valence electrons. The fraction of sp³-hybridized carbons (Fsp3) is 0.136. The quantitative estimate of drug-likeness (QED) is 0.418. The van der Waals surface area contributed by atoms with Crippen molar-refractivity contribution in [3.05, 3.63) is 82.0 Å². The van der Waals surface area contributed by atoms with Gasteiger partial charge in [-0.15, -0.1) is 0 Å². The summed E-state index contributed by atoms with van der Waals surface area (Å²) < 4.78 is 45.5. The molecule has 1 amide bonds. The predicted molar refractivity (Wildman–Crippen MR) is 121 cm³/mol. The molecule has 31 heavy (non-hydrogen) atoms. The number of anilines is 1. The van der Waals surface area contributed by atoms with E-state index in [0.29, 0.717) is 21.6 Å². The van der Waals surface area contributed by atoms with Crippen molar-refractivity contribution in [2.75, 3.05) is 5.32 Å². The lowest BCUT2D eigenvalue weighted by Crippen LogP contribution is -2.32. The average molecular weight is 527 g/mol. The molecular weight excluding hydrogens is 509 g/mol.